The summed E-state index contributed by atoms with van der Waals surface area (Å²) in [7, 11) is 0. The lowest BCUT2D eigenvalue weighted by atomic mass is 10.1. The Labute approximate surface area is 168 Å². The molecule has 1 aliphatic heterocycles. The number of hydrogen-bond acceptors (Lipinski definition) is 2. The second kappa shape index (κ2) is 13.7. The minimum absolute atomic E-state index is 0.558. The van der Waals surface area contributed by atoms with Crippen LogP contribution < -0.4 is 0 Å². The van der Waals surface area contributed by atoms with Crippen LogP contribution in [-0.2, 0) is 6.54 Å². The maximum absolute atomic E-state index is 2.61. The molecule has 0 radical (unpaired) electrons. The number of benzene rings is 1. The van der Waals surface area contributed by atoms with Crippen molar-refractivity contribution in [2.24, 2.45) is 0 Å². The van der Waals surface area contributed by atoms with Gasteiger partial charge in [0, 0.05) is 25.5 Å². The van der Waals surface area contributed by atoms with Crippen LogP contribution in [0.4, 0.5) is 0 Å². The molecule has 0 aromatic heterocycles. The summed E-state index contributed by atoms with van der Waals surface area (Å²) in [5.74, 6) is 0. The van der Waals surface area contributed by atoms with E-state index < -0.39 is 0 Å². The fourth-order valence-electron chi connectivity index (χ4n) is 4.07. The summed E-state index contributed by atoms with van der Waals surface area (Å²) in [6, 6.07) is 10.9. The van der Waals surface area contributed by atoms with Crippen molar-refractivity contribution < 1.29 is 0 Å². The molecule has 0 saturated carbocycles. The first-order valence-corrected chi connectivity index (χ1v) is 11.6. The first kappa shape index (κ1) is 21.9. The van der Waals surface area contributed by atoms with Crippen LogP contribution in [0.25, 0.3) is 0 Å². The normalized spacial score (nSPS) is 16.4. The van der Waals surface area contributed by atoms with Gasteiger partial charge in [0.15, 0.2) is 0 Å². The fourth-order valence-corrected chi connectivity index (χ4v) is 4.07. The molecule has 1 heterocycles. The van der Waals surface area contributed by atoms with E-state index in [2.05, 4.69) is 66.4 Å². The van der Waals surface area contributed by atoms with Gasteiger partial charge in [0.25, 0.3) is 0 Å². The predicted molar refractivity (Wildman–Crippen MR) is 118 cm³/mol. The molecule has 2 nitrogen and oxygen atoms in total. The summed E-state index contributed by atoms with van der Waals surface area (Å²) >= 11 is 0. The molecule has 0 amide bonds. The zero-order valence-electron chi connectivity index (χ0n) is 17.9. The minimum atomic E-state index is 0.558. The van der Waals surface area contributed by atoms with Crippen LogP contribution in [0.5, 0.6) is 0 Å². The SMILES string of the molecule is CCCCCCCCCC1N(CCCCCC)C=CN1Cc1ccccc1. The first-order chi connectivity index (χ1) is 13.3. The summed E-state index contributed by atoms with van der Waals surface area (Å²) in [4.78, 5) is 5.17. The van der Waals surface area contributed by atoms with E-state index in [4.69, 9.17) is 0 Å². The highest BCUT2D eigenvalue weighted by molar-refractivity contribution is 5.15. The fraction of sp³-hybridized carbons (Fsp3) is 0.680. The molecule has 0 bridgehead atoms. The van der Waals surface area contributed by atoms with Gasteiger partial charge in [0.2, 0.25) is 0 Å². The summed E-state index contributed by atoms with van der Waals surface area (Å²) in [6.45, 7) is 6.83. The molecular formula is C25H42N2. The summed E-state index contributed by atoms with van der Waals surface area (Å²) in [6.07, 6.45) is 21.7. The average Bonchev–Trinajstić information content (AvgIpc) is 3.07. The van der Waals surface area contributed by atoms with Crippen LogP contribution in [0, 0.1) is 0 Å². The Bertz CT molecular complexity index is 496. The van der Waals surface area contributed by atoms with Crippen LogP contribution in [0.2, 0.25) is 0 Å². The second-order valence-electron chi connectivity index (χ2n) is 8.15. The lowest BCUT2D eigenvalue weighted by Crippen LogP contribution is -2.38. The quantitative estimate of drug-likeness (QED) is 0.298. The van der Waals surface area contributed by atoms with Crippen molar-refractivity contribution in [3.05, 3.63) is 48.3 Å². The Morgan fingerprint density at radius 1 is 0.667 bits per heavy atom. The molecule has 1 aromatic rings. The Kier molecular flexibility index (Phi) is 11.1. The monoisotopic (exact) mass is 370 g/mol. The number of rotatable bonds is 15. The van der Waals surface area contributed by atoms with Gasteiger partial charge in [-0.3, -0.25) is 0 Å². The molecule has 2 heteroatoms. The van der Waals surface area contributed by atoms with E-state index in [-0.39, 0.29) is 0 Å². The van der Waals surface area contributed by atoms with E-state index in [0.29, 0.717) is 6.17 Å². The molecule has 27 heavy (non-hydrogen) atoms. The van der Waals surface area contributed by atoms with Crippen molar-refractivity contribution in [2.45, 2.75) is 104 Å². The summed E-state index contributed by atoms with van der Waals surface area (Å²) in [5, 5.41) is 0. The zero-order chi connectivity index (χ0) is 19.2. The van der Waals surface area contributed by atoms with E-state index in [0.717, 1.165) is 6.54 Å². The molecule has 1 aromatic carbocycles. The summed E-state index contributed by atoms with van der Waals surface area (Å²) < 4.78 is 0. The van der Waals surface area contributed by atoms with Crippen LogP contribution in [0.15, 0.2) is 42.7 Å². The molecule has 2 rings (SSSR count). The van der Waals surface area contributed by atoms with E-state index in [1.54, 1.807) is 0 Å². The molecule has 152 valence electrons. The number of hydrogen-bond donors (Lipinski definition) is 0. The Morgan fingerprint density at radius 3 is 1.96 bits per heavy atom. The molecule has 0 saturated heterocycles. The van der Waals surface area contributed by atoms with Crippen molar-refractivity contribution in [2.75, 3.05) is 6.54 Å². The third-order valence-corrected chi connectivity index (χ3v) is 5.76. The lowest BCUT2D eigenvalue weighted by molar-refractivity contribution is 0.132. The molecular weight excluding hydrogens is 328 g/mol. The van der Waals surface area contributed by atoms with Crippen molar-refractivity contribution >= 4 is 0 Å². The molecule has 0 fully saturated rings. The van der Waals surface area contributed by atoms with Gasteiger partial charge in [-0.2, -0.15) is 0 Å². The molecule has 1 unspecified atom stereocenters. The van der Waals surface area contributed by atoms with Crippen molar-refractivity contribution in [3.63, 3.8) is 0 Å². The van der Waals surface area contributed by atoms with Gasteiger partial charge < -0.3 is 9.80 Å². The Hall–Kier alpha value is -1.44. The topological polar surface area (TPSA) is 6.48 Å². The van der Waals surface area contributed by atoms with Gasteiger partial charge in [-0.1, -0.05) is 102 Å². The summed E-state index contributed by atoms with van der Waals surface area (Å²) in [5.41, 5.74) is 1.42. The predicted octanol–water partition coefficient (Wildman–Crippen LogP) is 7.32. The van der Waals surface area contributed by atoms with Crippen LogP contribution in [0.3, 0.4) is 0 Å². The van der Waals surface area contributed by atoms with E-state index >= 15 is 0 Å². The van der Waals surface area contributed by atoms with E-state index in [1.807, 2.05) is 0 Å². The first-order valence-electron chi connectivity index (χ1n) is 11.6. The van der Waals surface area contributed by atoms with Crippen molar-refractivity contribution in [1.29, 1.82) is 0 Å². The zero-order valence-corrected chi connectivity index (χ0v) is 17.9. The molecule has 0 aliphatic carbocycles. The largest absolute Gasteiger partial charge is 0.356 e. The molecule has 0 N–H and O–H groups in total. The maximum atomic E-state index is 2.61. The minimum Gasteiger partial charge on any atom is -0.356 e. The Balaban J connectivity index is 1.80. The maximum Gasteiger partial charge on any atom is 0.101 e. The highest BCUT2D eigenvalue weighted by Crippen LogP contribution is 2.24. The van der Waals surface area contributed by atoms with E-state index in [1.165, 1.54) is 89.2 Å². The lowest BCUT2D eigenvalue weighted by Gasteiger charge is -2.33. The van der Waals surface area contributed by atoms with Gasteiger partial charge in [-0.25, -0.2) is 0 Å². The van der Waals surface area contributed by atoms with Crippen LogP contribution in [0.1, 0.15) is 96.5 Å². The van der Waals surface area contributed by atoms with Crippen LogP contribution in [-0.4, -0.2) is 22.5 Å². The molecule has 0 spiro atoms. The smallest absolute Gasteiger partial charge is 0.101 e. The molecule has 1 atom stereocenters. The highest BCUT2D eigenvalue weighted by atomic mass is 15.4. The Morgan fingerprint density at radius 2 is 1.26 bits per heavy atom. The van der Waals surface area contributed by atoms with Gasteiger partial charge in [0.05, 0.1) is 0 Å². The van der Waals surface area contributed by atoms with Crippen LogP contribution >= 0.6 is 0 Å². The number of nitrogens with zero attached hydrogens (tertiary/aromatic N) is 2. The third-order valence-electron chi connectivity index (χ3n) is 5.76. The standard InChI is InChI=1S/C25H42N2/c1-3-5-7-9-10-11-15-19-25-26(20-16-8-6-4-2)21-22-27(25)23-24-17-13-12-14-18-24/h12-14,17-18,21-22,25H,3-11,15-16,19-20,23H2,1-2H3. The second-order valence-corrected chi connectivity index (χ2v) is 8.15. The third kappa shape index (κ3) is 8.41. The molecule has 1 aliphatic rings. The average molecular weight is 371 g/mol. The highest BCUT2D eigenvalue weighted by Gasteiger charge is 2.25. The number of unbranched alkanes of at least 4 members (excludes halogenated alkanes) is 9. The van der Waals surface area contributed by atoms with Gasteiger partial charge in [-0.15, -0.1) is 0 Å². The van der Waals surface area contributed by atoms with Gasteiger partial charge >= 0.3 is 0 Å². The van der Waals surface area contributed by atoms with Crippen molar-refractivity contribution in [1.82, 2.24) is 9.80 Å². The van der Waals surface area contributed by atoms with Gasteiger partial charge in [0.1, 0.15) is 6.17 Å². The van der Waals surface area contributed by atoms with E-state index in [9.17, 15) is 0 Å². The van der Waals surface area contributed by atoms with Gasteiger partial charge in [-0.05, 0) is 24.8 Å². The van der Waals surface area contributed by atoms with Crippen molar-refractivity contribution in [3.8, 4) is 0 Å².